The maximum atomic E-state index is 12.7. The van der Waals surface area contributed by atoms with Crippen LogP contribution in [0.4, 0.5) is 0 Å². The van der Waals surface area contributed by atoms with Gasteiger partial charge in [0.1, 0.15) is 17.4 Å². The molecule has 2 aliphatic rings. The lowest BCUT2D eigenvalue weighted by Gasteiger charge is -2.37. The van der Waals surface area contributed by atoms with Gasteiger partial charge in [-0.3, -0.25) is 4.79 Å². The Labute approximate surface area is 139 Å². The van der Waals surface area contributed by atoms with Crippen LogP contribution in [0.25, 0.3) is 0 Å². The van der Waals surface area contributed by atoms with E-state index in [4.69, 9.17) is 10.5 Å². The van der Waals surface area contributed by atoms with Gasteiger partial charge in [0, 0.05) is 18.4 Å². The average Bonchev–Trinajstić information content (AvgIpc) is 2.47. The summed E-state index contributed by atoms with van der Waals surface area (Å²) in [6.45, 7) is 3.94. The van der Waals surface area contributed by atoms with Gasteiger partial charge in [-0.05, 0) is 23.1 Å². The number of Topliss-reactive ketones (excluding diaryl/α,β-unsaturated/α-hetero) is 1. The monoisotopic (exact) mass is 326 g/mol. The SMILES string of the molecule is CC1(C)CC(=O)C2=C(C1)OC(N)=C(C#N)[C@H]2c1ccc(O)c(O)c1. The summed E-state index contributed by atoms with van der Waals surface area (Å²) in [6, 6.07) is 6.24. The molecule has 6 heteroatoms. The third-order valence-corrected chi connectivity index (χ3v) is 4.41. The fourth-order valence-corrected chi connectivity index (χ4v) is 3.34. The Morgan fingerprint density at radius 3 is 2.62 bits per heavy atom. The Morgan fingerprint density at radius 2 is 2.00 bits per heavy atom. The molecule has 3 rings (SSSR count). The van der Waals surface area contributed by atoms with Crippen molar-refractivity contribution in [1.82, 2.24) is 0 Å². The van der Waals surface area contributed by atoms with Gasteiger partial charge in [-0.25, -0.2) is 0 Å². The molecule has 0 aromatic heterocycles. The van der Waals surface area contributed by atoms with Crippen molar-refractivity contribution >= 4 is 5.78 Å². The minimum atomic E-state index is -0.700. The first-order valence-corrected chi connectivity index (χ1v) is 7.59. The summed E-state index contributed by atoms with van der Waals surface area (Å²) in [6.07, 6.45) is 0.877. The minimum Gasteiger partial charge on any atom is -0.504 e. The number of ketones is 1. The highest BCUT2D eigenvalue weighted by atomic mass is 16.5. The second-order valence-electron chi connectivity index (χ2n) is 6.95. The number of aromatic hydroxyl groups is 2. The number of hydrogen-bond donors (Lipinski definition) is 3. The van der Waals surface area contributed by atoms with Gasteiger partial charge < -0.3 is 20.7 Å². The summed E-state index contributed by atoms with van der Waals surface area (Å²) in [4.78, 5) is 12.7. The number of phenolic OH excluding ortho intramolecular Hbond substituents is 2. The van der Waals surface area contributed by atoms with Crippen molar-refractivity contribution in [2.75, 3.05) is 0 Å². The molecule has 0 radical (unpaired) electrons. The Hall–Kier alpha value is -2.94. The molecule has 0 spiro atoms. The highest BCUT2D eigenvalue weighted by Gasteiger charge is 2.43. The van der Waals surface area contributed by atoms with Crippen LogP contribution in [-0.2, 0) is 9.53 Å². The minimum absolute atomic E-state index is 0.0284. The Bertz CT molecular complexity index is 843. The largest absolute Gasteiger partial charge is 0.504 e. The zero-order valence-corrected chi connectivity index (χ0v) is 13.5. The molecule has 6 nitrogen and oxygen atoms in total. The Kier molecular flexibility index (Phi) is 3.52. The van der Waals surface area contributed by atoms with Crippen LogP contribution in [0.15, 0.2) is 41.0 Å². The quantitative estimate of drug-likeness (QED) is 0.683. The lowest BCUT2D eigenvalue weighted by Crippen LogP contribution is -2.33. The highest BCUT2D eigenvalue weighted by molar-refractivity contribution is 6.00. The van der Waals surface area contributed by atoms with E-state index in [9.17, 15) is 20.3 Å². The number of ether oxygens (including phenoxy) is 1. The van der Waals surface area contributed by atoms with E-state index >= 15 is 0 Å². The van der Waals surface area contributed by atoms with Gasteiger partial charge in [-0.1, -0.05) is 19.9 Å². The highest BCUT2D eigenvalue weighted by Crippen LogP contribution is 2.48. The van der Waals surface area contributed by atoms with Gasteiger partial charge in [-0.2, -0.15) is 5.26 Å². The number of nitrogens with zero attached hydrogens (tertiary/aromatic N) is 1. The smallest absolute Gasteiger partial charge is 0.205 e. The number of rotatable bonds is 1. The number of nitriles is 1. The van der Waals surface area contributed by atoms with Crippen LogP contribution in [-0.4, -0.2) is 16.0 Å². The number of phenols is 2. The standard InChI is InChI=1S/C18H18N2O4/c1-18(2)6-13(23)16-14(7-18)24-17(20)10(8-19)15(16)9-3-4-11(21)12(22)5-9/h3-5,15,21-22H,6-7,20H2,1-2H3/t15-/m1/s1. The molecule has 124 valence electrons. The molecule has 0 saturated carbocycles. The maximum Gasteiger partial charge on any atom is 0.205 e. The fraction of sp³-hybridized carbons (Fsp3) is 0.333. The molecule has 0 fully saturated rings. The normalized spacial score (nSPS) is 22.7. The topological polar surface area (TPSA) is 117 Å². The fourth-order valence-electron chi connectivity index (χ4n) is 3.34. The van der Waals surface area contributed by atoms with Gasteiger partial charge in [-0.15, -0.1) is 0 Å². The summed E-state index contributed by atoms with van der Waals surface area (Å²) in [5, 5.41) is 28.8. The molecule has 1 aliphatic carbocycles. The molecule has 1 aromatic rings. The molecule has 0 saturated heterocycles. The molecule has 0 bridgehead atoms. The summed E-state index contributed by atoms with van der Waals surface area (Å²) in [5.41, 5.74) is 6.70. The predicted octanol–water partition coefficient (Wildman–Crippen LogP) is 2.55. The number of hydrogen-bond acceptors (Lipinski definition) is 6. The van der Waals surface area contributed by atoms with Crippen molar-refractivity contribution in [3.05, 3.63) is 46.6 Å². The molecular formula is C18H18N2O4. The number of benzene rings is 1. The van der Waals surface area contributed by atoms with Gasteiger partial charge in [0.05, 0.1) is 5.92 Å². The van der Waals surface area contributed by atoms with Crippen molar-refractivity contribution < 1.29 is 19.7 Å². The summed E-state index contributed by atoms with van der Waals surface area (Å²) in [5.74, 6) is -0.940. The number of allylic oxidation sites excluding steroid dienone is 3. The second kappa shape index (κ2) is 5.31. The molecule has 4 N–H and O–H groups in total. The molecule has 24 heavy (non-hydrogen) atoms. The predicted molar refractivity (Wildman–Crippen MR) is 85.5 cm³/mol. The molecular weight excluding hydrogens is 308 g/mol. The van der Waals surface area contributed by atoms with Crippen LogP contribution in [0, 0.1) is 16.7 Å². The van der Waals surface area contributed by atoms with Gasteiger partial charge in [0.15, 0.2) is 17.3 Å². The van der Waals surface area contributed by atoms with Crippen molar-refractivity contribution in [3.63, 3.8) is 0 Å². The van der Waals surface area contributed by atoms with Crippen LogP contribution < -0.4 is 5.73 Å². The van der Waals surface area contributed by atoms with Gasteiger partial charge in [0.25, 0.3) is 0 Å². The number of carbonyl (C=O) groups is 1. The van der Waals surface area contributed by atoms with E-state index in [-0.39, 0.29) is 34.2 Å². The first kappa shape index (κ1) is 15.9. The lowest BCUT2D eigenvalue weighted by atomic mass is 9.70. The maximum absolute atomic E-state index is 12.7. The van der Waals surface area contributed by atoms with Gasteiger partial charge in [0.2, 0.25) is 5.88 Å². The van der Waals surface area contributed by atoms with Crippen molar-refractivity contribution in [3.8, 4) is 17.6 Å². The Balaban J connectivity index is 2.20. The van der Waals surface area contributed by atoms with Crippen LogP contribution in [0.2, 0.25) is 0 Å². The second-order valence-corrected chi connectivity index (χ2v) is 6.95. The lowest BCUT2D eigenvalue weighted by molar-refractivity contribution is -0.119. The third-order valence-electron chi connectivity index (χ3n) is 4.41. The number of carbonyl (C=O) groups excluding carboxylic acids is 1. The first-order chi connectivity index (χ1) is 11.2. The van der Waals surface area contributed by atoms with E-state index in [1.54, 1.807) is 6.07 Å². The van der Waals surface area contributed by atoms with Crippen LogP contribution in [0.1, 0.15) is 38.2 Å². The Morgan fingerprint density at radius 1 is 1.29 bits per heavy atom. The average molecular weight is 326 g/mol. The first-order valence-electron chi connectivity index (χ1n) is 7.59. The van der Waals surface area contributed by atoms with E-state index in [0.717, 1.165) is 0 Å². The molecule has 1 aromatic carbocycles. The summed E-state index contributed by atoms with van der Waals surface area (Å²) < 4.78 is 5.59. The summed E-state index contributed by atoms with van der Waals surface area (Å²) >= 11 is 0. The van der Waals surface area contributed by atoms with Crippen LogP contribution >= 0.6 is 0 Å². The van der Waals surface area contributed by atoms with E-state index < -0.39 is 5.92 Å². The molecule has 1 heterocycles. The summed E-state index contributed by atoms with van der Waals surface area (Å²) in [7, 11) is 0. The molecule has 1 atom stereocenters. The number of nitrogens with two attached hydrogens (primary N) is 1. The van der Waals surface area contributed by atoms with Crippen molar-refractivity contribution in [1.29, 1.82) is 5.26 Å². The molecule has 1 aliphatic heterocycles. The van der Waals surface area contributed by atoms with Gasteiger partial charge >= 0.3 is 0 Å². The van der Waals surface area contributed by atoms with E-state index in [1.807, 2.05) is 19.9 Å². The third kappa shape index (κ3) is 2.48. The zero-order chi connectivity index (χ0) is 17.6. The van der Waals surface area contributed by atoms with E-state index in [2.05, 4.69) is 0 Å². The van der Waals surface area contributed by atoms with E-state index in [1.165, 1.54) is 12.1 Å². The molecule has 0 unspecified atom stereocenters. The zero-order valence-electron chi connectivity index (χ0n) is 13.5. The van der Waals surface area contributed by atoms with Crippen molar-refractivity contribution in [2.45, 2.75) is 32.6 Å². The van der Waals surface area contributed by atoms with Crippen LogP contribution in [0.3, 0.4) is 0 Å². The van der Waals surface area contributed by atoms with Crippen molar-refractivity contribution in [2.24, 2.45) is 11.1 Å². The van der Waals surface area contributed by atoms with Crippen LogP contribution in [0.5, 0.6) is 11.5 Å². The van der Waals surface area contributed by atoms with E-state index in [0.29, 0.717) is 29.7 Å². The molecule has 0 amide bonds.